The van der Waals surface area contributed by atoms with Crippen molar-refractivity contribution in [3.8, 4) is 16.9 Å². The number of carbonyl (C=O) groups excluding carboxylic acids is 1. The van der Waals surface area contributed by atoms with Gasteiger partial charge in [0.05, 0.1) is 6.54 Å². The zero-order chi connectivity index (χ0) is 18.2. The Hall–Kier alpha value is -3.27. The highest BCUT2D eigenvalue weighted by Crippen LogP contribution is 2.22. The molecule has 0 saturated heterocycles. The van der Waals surface area contributed by atoms with Crippen molar-refractivity contribution in [1.29, 1.82) is 0 Å². The molecule has 0 atom stereocenters. The molecular formula is C22H22N2O2. The number of urea groups is 1. The highest BCUT2D eigenvalue weighted by atomic mass is 16.5. The Morgan fingerprint density at radius 1 is 0.808 bits per heavy atom. The van der Waals surface area contributed by atoms with E-state index in [1.54, 1.807) is 4.90 Å². The number of hydrogen-bond acceptors (Lipinski definition) is 2. The molecule has 2 N–H and O–H groups in total. The summed E-state index contributed by atoms with van der Waals surface area (Å²) in [6.45, 7) is 1.30. The van der Waals surface area contributed by atoms with Crippen molar-refractivity contribution in [3.05, 3.63) is 90.5 Å². The largest absolute Gasteiger partial charge is 0.492 e. The van der Waals surface area contributed by atoms with Crippen LogP contribution < -0.4 is 10.5 Å². The number of primary amides is 1. The van der Waals surface area contributed by atoms with Gasteiger partial charge < -0.3 is 15.4 Å². The second kappa shape index (κ2) is 8.72. The van der Waals surface area contributed by atoms with Crippen LogP contribution in [0.15, 0.2) is 84.9 Å². The van der Waals surface area contributed by atoms with E-state index in [1.807, 2.05) is 72.8 Å². The van der Waals surface area contributed by atoms with Crippen LogP contribution in [0.5, 0.6) is 5.75 Å². The first kappa shape index (κ1) is 17.5. The minimum atomic E-state index is -0.447. The fourth-order valence-corrected chi connectivity index (χ4v) is 2.72. The molecule has 0 aliphatic carbocycles. The summed E-state index contributed by atoms with van der Waals surface area (Å²) in [7, 11) is 0. The molecule has 0 spiro atoms. The Balaban J connectivity index is 1.54. The molecule has 3 rings (SSSR count). The van der Waals surface area contributed by atoms with Crippen molar-refractivity contribution >= 4 is 6.03 Å². The van der Waals surface area contributed by atoms with E-state index in [0.29, 0.717) is 19.7 Å². The fraction of sp³-hybridized carbons (Fsp3) is 0.136. The fourth-order valence-electron chi connectivity index (χ4n) is 2.72. The molecule has 4 nitrogen and oxygen atoms in total. The first-order valence-corrected chi connectivity index (χ1v) is 8.59. The van der Waals surface area contributed by atoms with E-state index >= 15 is 0 Å². The maximum absolute atomic E-state index is 11.6. The van der Waals surface area contributed by atoms with E-state index in [9.17, 15) is 4.79 Å². The molecule has 4 heteroatoms. The van der Waals surface area contributed by atoms with Crippen LogP contribution in [0.3, 0.4) is 0 Å². The first-order chi connectivity index (χ1) is 12.7. The normalized spacial score (nSPS) is 10.3. The third-order valence-electron chi connectivity index (χ3n) is 4.12. The minimum Gasteiger partial charge on any atom is -0.492 e. The molecule has 0 saturated carbocycles. The lowest BCUT2D eigenvalue weighted by Gasteiger charge is -2.20. The number of ether oxygens (including phenoxy) is 1. The van der Waals surface area contributed by atoms with Gasteiger partial charge in [0.15, 0.2) is 0 Å². The van der Waals surface area contributed by atoms with E-state index in [1.165, 1.54) is 5.56 Å². The summed E-state index contributed by atoms with van der Waals surface area (Å²) in [5.74, 6) is 0.772. The topological polar surface area (TPSA) is 55.6 Å². The Labute approximate surface area is 153 Å². The summed E-state index contributed by atoms with van der Waals surface area (Å²) in [6.07, 6.45) is 0. The number of nitrogens with zero attached hydrogens (tertiary/aromatic N) is 1. The van der Waals surface area contributed by atoms with Gasteiger partial charge in [0.25, 0.3) is 0 Å². The van der Waals surface area contributed by atoms with Crippen LogP contribution in [0.4, 0.5) is 4.79 Å². The van der Waals surface area contributed by atoms with Gasteiger partial charge in [-0.1, -0.05) is 72.8 Å². The lowest BCUT2D eigenvalue weighted by atomic mass is 10.1. The monoisotopic (exact) mass is 346 g/mol. The van der Waals surface area contributed by atoms with Crippen LogP contribution in [0.2, 0.25) is 0 Å². The summed E-state index contributed by atoms with van der Waals surface area (Å²) in [4.78, 5) is 13.2. The second-order valence-corrected chi connectivity index (χ2v) is 5.98. The number of hydrogen-bond donors (Lipinski definition) is 1. The summed E-state index contributed by atoms with van der Waals surface area (Å²) < 4.78 is 5.77. The summed E-state index contributed by atoms with van der Waals surface area (Å²) in [5.41, 5.74) is 8.83. The molecule has 0 bridgehead atoms. The van der Waals surface area contributed by atoms with Crippen LogP contribution in [0.25, 0.3) is 11.1 Å². The summed E-state index contributed by atoms with van der Waals surface area (Å²) in [5, 5.41) is 0. The van der Waals surface area contributed by atoms with Crippen molar-refractivity contribution < 1.29 is 9.53 Å². The molecule has 0 aliphatic heterocycles. The maximum atomic E-state index is 11.6. The molecule has 0 heterocycles. The Kier molecular flexibility index (Phi) is 5.88. The zero-order valence-electron chi connectivity index (χ0n) is 14.5. The standard InChI is InChI=1S/C22H22N2O2/c23-22(25)24(17-18-7-3-1-4-8-18)15-16-26-21-13-11-20(12-14-21)19-9-5-2-6-10-19/h1-14H,15-17H2,(H2,23,25). The number of carbonyl (C=O) groups is 1. The SMILES string of the molecule is NC(=O)N(CCOc1ccc(-c2ccccc2)cc1)Cc1ccccc1. The van der Waals surface area contributed by atoms with E-state index in [-0.39, 0.29) is 0 Å². The van der Waals surface area contributed by atoms with Crippen LogP contribution in [0, 0.1) is 0 Å². The first-order valence-electron chi connectivity index (χ1n) is 8.59. The Bertz CT molecular complexity index is 818. The van der Waals surface area contributed by atoms with Gasteiger partial charge in [-0.3, -0.25) is 0 Å². The van der Waals surface area contributed by atoms with Gasteiger partial charge in [-0.05, 0) is 28.8 Å². The van der Waals surface area contributed by atoms with Crippen molar-refractivity contribution in [2.45, 2.75) is 6.54 Å². The van der Waals surface area contributed by atoms with E-state index in [2.05, 4.69) is 12.1 Å². The molecule has 0 aliphatic rings. The van der Waals surface area contributed by atoms with Gasteiger partial charge in [-0.2, -0.15) is 0 Å². The predicted molar refractivity (Wildman–Crippen MR) is 104 cm³/mol. The molecule has 0 unspecified atom stereocenters. The van der Waals surface area contributed by atoms with Crippen molar-refractivity contribution in [3.63, 3.8) is 0 Å². The quantitative estimate of drug-likeness (QED) is 0.693. The van der Waals surface area contributed by atoms with Crippen molar-refractivity contribution in [2.75, 3.05) is 13.2 Å². The third-order valence-corrected chi connectivity index (χ3v) is 4.12. The predicted octanol–water partition coefficient (Wildman–Crippen LogP) is 4.31. The summed E-state index contributed by atoms with van der Waals surface area (Å²) >= 11 is 0. The molecule has 132 valence electrons. The van der Waals surface area contributed by atoms with Gasteiger partial charge in [0, 0.05) is 6.54 Å². The lowest BCUT2D eigenvalue weighted by molar-refractivity contribution is 0.188. The number of benzene rings is 3. The minimum absolute atomic E-state index is 0.389. The molecule has 0 radical (unpaired) electrons. The highest BCUT2D eigenvalue weighted by molar-refractivity contribution is 5.72. The molecule has 26 heavy (non-hydrogen) atoms. The lowest BCUT2D eigenvalue weighted by Crippen LogP contribution is -2.38. The van der Waals surface area contributed by atoms with Crippen molar-refractivity contribution in [1.82, 2.24) is 4.90 Å². The Morgan fingerprint density at radius 2 is 1.38 bits per heavy atom. The molecule has 0 fully saturated rings. The van der Waals surface area contributed by atoms with E-state index in [4.69, 9.17) is 10.5 Å². The Morgan fingerprint density at radius 3 is 2.00 bits per heavy atom. The van der Waals surface area contributed by atoms with Crippen molar-refractivity contribution in [2.24, 2.45) is 5.73 Å². The second-order valence-electron chi connectivity index (χ2n) is 5.98. The zero-order valence-corrected chi connectivity index (χ0v) is 14.5. The maximum Gasteiger partial charge on any atom is 0.315 e. The number of rotatable bonds is 7. The van der Waals surface area contributed by atoms with Gasteiger partial charge in [0.2, 0.25) is 0 Å². The van der Waals surface area contributed by atoms with Crippen LogP contribution in [-0.4, -0.2) is 24.1 Å². The molecule has 3 aromatic carbocycles. The van der Waals surface area contributed by atoms with Gasteiger partial charge in [-0.15, -0.1) is 0 Å². The molecular weight excluding hydrogens is 324 g/mol. The van der Waals surface area contributed by atoms with Crippen LogP contribution in [-0.2, 0) is 6.54 Å². The van der Waals surface area contributed by atoms with Crippen LogP contribution in [0.1, 0.15) is 5.56 Å². The van der Waals surface area contributed by atoms with Gasteiger partial charge in [-0.25, -0.2) is 4.79 Å². The van der Waals surface area contributed by atoms with E-state index < -0.39 is 6.03 Å². The average Bonchev–Trinajstić information content (AvgIpc) is 2.69. The van der Waals surface area contributed by atoms with Crippen LogP contribution >= 0.6 is 0 Å². The highest BCUT2D eigenvalue weighted by Gasteiger charge is 2.10. The number of amides is 2. The summed E-state index contributed by atoms with van der Waals surface area (Å²) in [6, 6.07) is 27.4. The van der Waals surface area contributed by atoms with Gasteiger partial charge >= 0.3 is 6.03 Å². The molecule has 0 aromatic heterocycles. The van der Waals surface area contributed by atoms with E-state index in [0.717, 1.165) is 16.9 Å². The average molecular weight is 346 g/mol. The third kappa shape index (κ3) is 4.86. The molecule has 3 aromatic rings. The number of nitrogens with two attached hydrogens (primary N) is 1. The molecule has 2 amide bonds. The van der Waals surface area contributed by atoms with Gasteiger partial charge in [0.1, 0.15) is 12.4 Å². The smallest absolute Gasteiger partial charge is 0.315 e.